The van der Waals surface area contributed by atoms with E-state index in [0.29, 0.717) is 17.5 Å². The van der Waals surface area contributed by atoms with Crippen LogP contribution in [0.15, 0.2) is 51.6 Å². The van der Waals surface area contributed by atoms with Crippen molar-refractivity contribution in [1.29, 1.82) is 0 Å². The summed E-state index contributed by atoms with van der Waals surface area (Å²) >= 11 is 0. The SMILES string of the molecule is [c]1nc(-c2ccccc2)oc1-c1ncco1. The first-order valence-corrected chi connectivity index (χ1v) is 4.77. The first-order valence-electron chi connectivity index (χ1n) is 4.77. The molecule has 0 saturated carbocycles. The quantitative estimate of drug-likeness (QED) is 0.654. The highest BCUT2D eigenvalue weighted by Gasteiger charge is 2.11. The largest absolute Gasteiger partial charge is 0.442 e. The van der Waals surface area contributed by atoms with Crippen LogP contribution >= 0.6 is 0 Å². The van der Waals surface area contributed by atoms with Gasteiger partial charge >= 0.3 is 0 Å². The van der Waals surface area contributed by atoms with Crippen LogP contribution in [0, 0.1) is 6.20 Å². The van der Waals surface area contributed by atoms with Crippen LogP contribution < -0.4 is 0 Å². The Morgan fingerprint density at radius 1 is 1.06 bits per heavy atom. The van der Waals surface area contributed by atoms with E-state index in [9.17, 15) is 0 Å². The van der Waals surface area contributed by atoms with E-state index >= 15 is 0 Å². The van der Waals surface area contributed by atoms with Crippen molar-refractivity contribution in [3.8, 4) is 23.1 Å². The van der Waals surface area contributed by atoms with Crippen molar-refractivity contribution in [3.05, 3.63) is 49.0 Å². The van der Waals surface area contributed by atoms with Gasteiger partial charge in [0.15, 0.2) is 0 Å². The molecule has 1 radical (unpaired) electrons. The normalized spacial score (nSPS) is 10.5. The fourth-order valence-electron chi connectivity index (χ4n) is 1.38. The summed E-state index contributed by atoms with van der Waals surface area (Å²) in [4.78, 5) is 8.01. The molecule has 0 amide bonds. The summed E-state index contributed by atoms with van der Waals surface area (Å²) in [6.45, 7) is 0. The summed E-state index contributed by atoms with van der Waals surface area (Å²) in [5.41, 5.74) is 0.900. The molecule has 0 aliphatic carbocycles. The van der Waals surface area contributed by atoms with E-state index in [-0.39, 0.29) is 0 Å². The predicted molar refractivity (Wildman–Crippen MR) is 56.3 cm³/mol. The van der Waals surface area contributed by atoms with E-state index < -0.39 is 0 Å². The Labute approximate surface area is 91.6 Å². The Bertz CT molecular complexity index is 570. The van der Waals surface area contributed by atoms with Crippen LogP contribution in [0.1, 0.15) is 0 Å². The summed E-state index contributed by atoms with van der Waals surface area (Å²) in [5, 5.41) is 0. The molecule has 0 N–H and O–H groups in total. The molecular formula is C12H7N2O2. The molecule has 1 aromatic carbocycles. The Kier molecular flexibility index (Phi) is 2.04. The molecule has 4 heteroatoms. The van der Waals surface area contributed by atoms with Crippen molar-refractivity contribution in [3.63, 3.8) is 0 Å². The first kappa shape index (κ1) is 8.91. The molecule has 2 heterocycles. The van der Waals surface area contributed by atoms with Gasteiger partial charge in [-0.05, 0) is 12.1 Å². The molecule has 0 unspecified atom stereocenters. The molecule has 4 nitrogen and oxygen atoms in total. The highest BCUT2D eigenvalue weighted by atomic mass is 16.4. The third-order valence-corrected chi connectivity index (χ3v) is 2.11. The van der Waals surface area contributed by atoms with E-state index in [2.05, 4.69) is 16.2 Å². The van der Waals surface area contributed by atoms with Gasteiger partial charge in [0.25, 0.3) is 5.89 Å². The average Bonchev–Trinajstić information content (AvgIpc) is 3.01. The summed E-state index contributed by atoms with van der Waals surface area (Å²) in [5.74, 6) is 1.30. The van der Waals surface area contributed by atoms with Crippen molar-refractivity contribution in [2.45, 2.75) is 0 Å². The smallest absolute Gasteiger partial charge is 0.265 e. The summed E-state index contributed by atoms with van der Waals surface area (Å²) in [7, 11) is 0. The molecular weight excluding hydrogens is 204 g/mol. The minimum Gasteiger partial charge on any atom is -0.442 e. The second-order valence-electron chi connectivity index (χ2n) is 3.16. The standard InChI is InChI=1S/C12H7N2O2/c1-2-4-9(5-3-1)11-14-8-10(16-11)12-13-6-7-15-12/h1-7H. The van der Waals surface area contributed by atoms with E-state index in [1.807, 2.05) is 30.3 Å². The molecule has 0 atom stereocenters. The molecule has 3 aromatic rings. The molecule has 0 aliphatic heterocycles. The number of hydrogen-bond acceptors (Lipinski definition) is 4. The molecule has 2 aromatic heterocycles. The van der Waals surface area contributed by atoms with Gasteiger partial charge in [0, 0.05) is 5.56 Å². The molecule has 0 spiro atoms. The summed E-state index contributed by atoms with van der Waals surface area (Å²) in [6, 6.07) is 9.61. The van der Waals surface area contributed by atoms with Gasteiger partial charge < -0.3 is 8.83 Å². The first-order chi connectivity index (χ1) is 7.93. The third-order valence-electron chi connectivity index (χ3n) is 2.11. The highest BCUT2D eigenvalue weighted by molar-refractivity contribution is 5.55. The summed E-state index contributed by atoms with van der Waals surface area (Å²) in [6.07, 6.45) is 5.76. The second-order valence-corrected chi connectivity index (χ2v) is 3.16. The lowest BCUT2D eigenvalue weighted by atomic mass is 10.2. The minimum absolute atomic E-state index is 0.384. The fourth-order valence-corrected chi connectivity index (χ4v) is 1.38. The van der Waals surface area contributed by atoms with E-state index in [4.69, 9.17) is 8.83 Å². The van der Waals surface area contributed by atoms with E-state index in [0.717, 1.165) is 5.56 Å². The molecule has 77 valence electrons. The second kappa shape index (κ2) is 3.66. The monoisotopic (exact) mass is 211 g/mol. The number of oxazole rings is 2. The van der Waals surface area contributed by atoms with Crippen LogP contribution in [0.4, 0.5) is 0 Å². The zero-order valence-corrected chi connectivity index (χ0v) is 8.25. The Morgan fingerprint density at radius 3 is 2.69 bits per heavy atom. The number of aromatic nitrogens is 2. The van der Waals surface area contributed by atoms with Crippen LogP contribution in [0.2, 0.25) is 0 Å². The topological polar surface area (TPSA) is 52.1 Å². The zero-order valence-electron chi connectivity index (χ0n) is 8.25. The van der Waals surface area contributed by atoms with Crippen molar-refractivity contribution in [1.82, 2.24) is 9.97 Å². The maximum Gasteiger partial charge on any atom is 0.265 e. The van der Waals surface area contributed by atoms with Gasteiger partial charge in [0.05, 0.1) is 6.20 Å². The molecule has 16 heavy (non-hydrogen) atoms. The molecule has 0 bridgehead atoms. The third kappa shape index (κ3) is 1.50. The Morgan fingerprint density at radius 2 is 1.94 bits per heavy atom. The van der Waals surface area contributed by atoms with Crippen molar-refractivity contribution in [2.24, 2.45) is 0 Å². The molecule has 0 aliphatic rings. The van der Waals surface area contributed by atoms with Crippen LogP contribution in [0.25, 0.3) is 23.1 Å². The number of benzene rings is 1. The lowest BCUT2D eigenvalue weighted by Gasteiger charge is -1.92. The van der Waals surface area contributed by atoms with Crippen LogP contribution in [-0.4, -0.2) is 9.97 Å². The Balaban J connectivity index is 2.00. The average molecular weight is 211 g/mol. The van der Waals surface area contributed by atoms with E-state index in [1.54, 1.807) is 6.20 Å². The van der Waals surface area contributed by atoms with Crippen LogP contribution in [-0.2, 0) is 0 Å². The van der Waals surface area contributed by atoms with Gasteiger partial charge in [0.2, 0.25) is 11.7 Å². The predicted octanol–water partition coefficient (Wildman–Crippen LogP) is 2.80. The lowest BCUT2D eigenvalue weighted by molar-refractivity contribution is 0.521. The fraction of sp³-hybridized carbons (Fsp3) is 0. The van der Waals surface area contributed by atoms with E-state index in [1.165, 1.54) is 6.26 Å². The van der Waals surface area contributed by atoms with Crippen LogP contribution in [0.5, 0.6) is 0 Å². The van der Waals surface area contributed by atoms with Crippen molar-refractivity contribution in [2.75, 3.05) is 0 Å². The highest BCUT2D eigenvalue weighted by Crippen LogP contribution is 2.23. The number of hydrogen-bond donors (Lipinski definition) is 0. The van der Waals surface area contributed by atoms with Gasteiger partial charge in [-0.2, -0.15) is 0 Å². The Hall–Kier alpha value is -2.36. The molecule has 0 fully saturated rings. The maximum absolute atomic E-state index is 5.49. The summed E-state index contributed by atoms with van der Waals surface area (Å²) < 4.78 is 10.6. The van der Waals surface area contributed by atoms with Gasteiger partial charge in [-0.1, -0.05) is 18.2 Å². The number of rotatable bonds is 2. The number of nitrogens with zero attached hydrogens (tertiary/aromatic N) is 2. The maximum atomic E-state index is 5.49. The molecule has 0 saturated heterocycles. The van der Waals surface area contributed by atoms with Crippen LogP contribution in [0.3, 0.4) is 0 Å². The minimum atomic E-state index is 0.384. The van der Waals surface area contributed by atoms with Crippen molar-refractivity contribution < 1.29 is 8.83 Å². The van der Waals surface area contributed by atoms with Crippen molar-refractivity contribution >= 4 is 0 Å². The van der Waals surface area contributed by atoms with Gasteiger partial charge in [0.1, 0.15) is 12.5 Å². The van der Waals surface area contributed by atoms with Gasteiger partial charge in [-0.25, -0.2) is 9.97 Å². The van der Waals surface area contributed by atoms with Gasteiger partial charge in [-0.3, -0.25) is 0 Å². The molecule has 3 rings (SSSR count). The zero-order chi connectivity index (χ0) is 10.8. The lowest BCUT2D eigenvalue weighted by Crippen LogP contribution is -1.73. The van der Waals surface area contributed by atoms with Gasteiger partial charge in [-0.15, -0.1) is 0 Å².